The molecule has 2 amide bonds. The summed E-state index contributed by atoms with van der Waals surface area (Å²) in [6.45, 7) is 2.01. The van der Waals surface area contributed by atoms with E-state index in [0.717, 1.165) is 37.5 Å². The summed E-state index contributed by atoms with van der Waals surface area (Å²) >= 11 is 12.4. The second kappa shape index (κ2) is 14.2. The van der Waals surface area contributed by atoms with E-state index in [1.54, 1.807) is 42.2 Å². The molecule has 2 aromatic carbocycles. The van der Waals surface area contributed by atoms with Crippen molar-refractivity contribution in [3.63, 3.8) is 0 Å². The van der Waals surface area contributed by atoms with Gasteiger partial charge >= 0.3 is 0 Å². The molecule has 2 aromatic rings. The summed E-state index contributed by atoms with van der Waals surface area (Å²) < 4.78 is 31.5. The molecule has 0 unspecified atom stereocenters. The van der Waals surface area contributed by atoms with Crippen LogP contribution in [0.15, 0.2) is 42.5 Å². The fourth-order valence-electron chi connectivity index (χ4n) is 4.80. The van der Waals surface area contributed by atoms with Crippen LogP contribution in [0.4, 0.5) is 5.69 Å². The fraction of sp³-hybridized carbons (Fsp3) is 0.500. The maximum Gasteiger partial charge on any atom is 0.242 e. The number of benzene rings is 2. The summed E-state index contributed by atoms with van der Waals surface area (Å²) in [5.41, 5.74) is 1.19. The molecular weight excluding hydrogens is 561 g/mol. The van der Waals surface area contributed by atoms with E-state index in [-0.39, 0.29) is 48.8 Å². The van der Waals surface area contributed by atoms with Crippen molar-refractivity contribution in [1.29, 1.82) is 0 Å². The van der Waals surface area contributed by atoms with Crippen molar-refractivity contribution in [2.24, 2.45) is 0 Å². The van der Waals surface area contributed by atoms with E-state index in [9.17, 15) is 18.0 Å². The molecule has 3 rings (SSSR count). The third-order valence-electron chi connectivity index (χ3n) is 6.94. The minimum absolute atomic E-state index is 0.0531. The Morgan fingerprint density at radius 2 is 1.82 bits per heavy atom. The Morgan fingerprint density at radius 1 is 1.10 bits per heavy atom. The second-order valence-corrected chi connectivity index (χ2v) is 12.7. The standard InChI is InChI=1S/C28H37Cl2N3O5S/c1-20(28(35)31-23-11-5-4-6-12-23)32(19-21-9-7-10-22(29)17-21)27(34)13-8-16-33(39(3,36)37)24-14-15-26(38-2)25(30)18-24/h7,9-10,14-15,17-18,20,23H,4-6,8,11-13,16,19H2,1-3H3,(H,31,35)/t20-/m0/s1. The van der Waals surface area contributed by atoms with Crippen molar-refractivity contribution in [3.8, 4) is 5.75 Å². The highest BCUT2D eigenvalue weighted by Crippen LogP contribution is 2.30. The second-order valence-electron chi connectivity index (χ2n) is 9.93. The Morgan fingerprint density at radius 3 is 2.44 bits per heavy atom. The van der Waals surface area contributed by atoms with Crippen LogP contribution in [0.2, 0.25) is 10.0 Å². The molecule has 1 fully saturated rings. The zero-order valence-electron chi connectivity index (χ0n) is 22.7. The highest BCUT2D eigenvalue weighted by Gasteiger charge is 2.28. The Labute approximate surface area is 241 Å². The number of rotatable bonds is 12. The van der Waals surface area contributed by atoms with E-state index in [1.807, 2.05) is 6.07 Å². The molecule has 39 heavy (non-hydrogen) atoms. The zero-order chi connectivity index (χ0) is 28.6. The van der Waals surface area contributed by atoms with Crippen molar-refractivity contribution in [3.05, 3.63) is 58.1 Å². The van der Waals surface area contributed by atoms with Crippen LogP contribution in [0.1, 0.15) is 57.4 Å². The van der Waals surface area contributed by atoms with Crippen LogP contribution in [0.25, 0.3) is 0 Å². The van der Waals surface area contributed by atoms with E-state index in [1.165, 1.54) is 23.9 Å². The average Bonchev–Trinajstić information content (AvgIpc) is 2.89. The van der Waals surface area contributed by atoms with E-state index in [0.29, 0.717) is 16.5 Å². The maximum absolute atomic E-state index is 13.5. The predicted octanol–water partition coefficient (Wildman–Crippen LogP) is 5.41. The van der Waals surface area contributed by atoms with Gasteiger partial charge in [-0.2, -0.15) is 0 Å². The lowest BCUT2D eigenvalue weighted by Gasteiger charge is -2.31. The first-order valence-electron chi connectivity index (χ1n) is 13.1. The van der Waals surface area contributed by atoms with Gasteiger partial charge in [-0.25, -0.2) is 8.42 Å². The number of sulfonamides is 1. The van der Waals surface area contributed by atoms with Gasteiger partial charge in [-0.3, -0.25) is 13.9 Å². The summed E-state index contributed by atoms with van der Waals surface area (Å²) in [6.07, 6.45) is 6.64. The van der Waals surface area contributed by atoms with Gasteiger partial charge in [-0.1, -0.05) is 54.6 Å². The number of nitrogens with zero attached hydrogens (tertiary/aromatic N) is 2. The van der Waals surface area contributed by atoms with E-state index in [2.05, 4.69) is 5.32 Å². The van der Waals surface area contributed by atoms with E-state index >= 15 is 0 Å². The monoisotopic (exact) mass is 597 g/mol. The Kier molecular flexibility index (Phi) is 11.3. The average molecular weight is 599 g/mol. The fourth-order valence-corrected chi connectivity index (χ4v) is 6.22. The maximum atomic E-state index is 13.5. The first-order valence-corrected chi connectivity index (χ1v) is 15.8. The molecule has 0 bridgehead atoms. The van der Waals surface area contributed by atoms with Gasteiger partial charge < -0.3 is 15.0 Å². The highest BCUT2D eigenvalue weighted by molar-refractivity contribution is 7.92. The molecule has 0 aromatic heterocycles. The van der Waals surface area contributed by atoms with Gasteiger partial charge in [0, 0.05) is 30.6 Å². The summed E-state index contributed by atoms with van der Waals surface area (Å²) in [5.74, 6) is -0.00778. The molecule has 0 aliphatic heterocycles. The molecule has 0 saturated heterocycles. The van der Waals surface area contributed by atoms with Crippen LogP contribution >= 0.6 is 23.2 Å². The Balaban J connectivity index is 1.73. The number of hydrogen-bond donors (Lipinski definition) is 1. The Hall–Kier alpha value is -2.49. The number of anilines is 1. The summed E-state index contributed by atoms with van der Waals surface area (Å²) in [6, 6.07) is 11.3. The van der Waals surface area contributed by atoms with Crippen molar-refractivity contribution in [2.75, 3.05) is 24.2 Å². The molecule has 1 aliphatic carbocycles. The number of carbonyl (C=O) groups is 2. The number of methoxy groups -OCH3 is 1. The molecule has 0 heterocycles. The van der Waals surface area contributed by atoms with Crippen LogP contribution in [0.5, 0.6) is 5.75 Å². The van der Waals surface area contributed by atoms with Gasteiger partial charge in [-0.05, 0) is 62.1 Å². The van der Waals surface area contributed by atoms with Gasteiger partial charge in [0.1, 0.15) is 11.8 Å². The quantitative estimate of drug-likeness (QED) is 0.352. The van der Waals surface area contributed by atoms with Crippen molar-refractivity contribution < 1.29 is 22.7 Å². The molecule has 8 nitrogen and oxygen atoms in total. The molecule has 1 N–H and O–H groups in total. The molecule has 11 heteroatoms. The van der Waals surface area contributed by atoms with Gasteiger partial charge in [0.05, 0.1) is 24.1 Å². The van der Waals surface area contributed by atoms with Crippen LogP contribution in [0, 0.1) is 0 Å². The van der Waals surface area contributed by atoms with Gasteiger partial charge in [0.15, 0.2) is 0 Å². The first kappa shape index (κ1) is 31.0. The number of amides is 2. The van der Waals surface area contributed by atoms with Gasteiger partial charge in [0.2, 0.25) is 21.8 Å². The minimum Gasteiger partial charge on any atom is -0.495 e. The van der Waals surface area contributed by atoms with Crippen LogP contribution < -0.4 is 14.4 Å². The molecular formula is C28H37Cl2N3O5S. The number of hydrogen-bond acceptors (Lipinski definition) is 5. The first-order chi connectivity index (χ1) is 18.5. The number of carbonyl (C=O) groups excluding carboxylic acids is 2. The molecule has 1 saturated carbocycles. The molecule has 1 atom stereocenters. The van der Waals surface area contributed by atoms with E-state index in [4.69, 9.17) is 27.9 Å². The topological polar surface area (TPSA) is 96.0 Å². The minimum atomic E-state index is -3.64. The predicted molar refractivity (Wildman–Crippen MR) is 156 cm³/mol. The lowest BCUT2D eigenvalue weighted by molar-refractivity contribution is -0.141. The zero-order valence-corrected chi connectivity index (χ0v) is 25.0. The van der Waals surface area contributed by atoms with Crippen molar-refractivity contribution in [2.45, 2.75) is 70.5 Å². The molecule has 214 valence electrons. The SMILES string of the molecule is COc1ccc(N(CCCC(=O)N(Cc2cccc(Cl)c2)[C@@H](C)C(=O)NC2CCCCC2)S(C)(=O)=O)cc1Cl. The van der Waals surface area contributed by atoms with Gasteiger partial charge in [-0.15, -0.1) is 0 Å². The molecule has 0 radical (unpaired) electrons. The largest absolute Gasteiger partial charge is 0.495 e. The van der Waals surface area contributed by atoms with Gasteiger partial charge in [0.25, 0.3) is 0 Å². The Bertz CT molecular complexity index is 1250. The molecule has 0 spiro atoms. The smallest absolute Gasteiger partial charge is 0.242 e. The van der Waals surface area contributed by atoms with Crippen molar-refractivity contribution >= 4 is 50.7 Å². The molecule has 1 aliphatic rings. The van der Waals surface area contributed by atoms with Crippen LogP contribution in [-0.4, -0.2) is 57.1 Å². The summed E-state index contributed by atoms with van der Waals surface area (Å²) in [5, 5.41) is 3.94. The van der Waals surface area contributed by atoms with Crippen LogP contribution in [0.3, 0.4) is 0 Å². The van der Waals surface area contributed by atoms with Crippen LogP contribution in [-0.2, 0) is 26.2 Å². The summed E-state index contributed by atoms with van der Waals surface area (Å²) in [7, 11) is -2.16. The number of halogens is 2. The lowest BCUT2D eigenvalue weighted by Crippen LogP contribution is -2.50. The number of nitrogens with one attached hydrogen (secondary N) is 1. The number of ether oxygens (including phenoxy) is 1. The van der Waals surface area contributed by atoms with E-state index < -0.39 is 16.1 Å². The third kappa shape index (κ3) is 9.01. The lowest BCUT2D eigenvalue weighted by atomic mass is 9.95. The summed E-state index contributed by atoms with van der Waals surface area (Å²) in [4.78, 5) is 28.2. The van der Waals surface area contributed by atoms with Crippen molar-refractivity contribution in [1.82, 2.24) is 10.2 Å². The third-order valence-corrected chi connectivity index (χ3v) is 8.66. The highest BCUT2D eigenvalue weighted by atomic mass is 35.5. The normalized spacial score (nSPS) is 14.9.